The minimum atomic E-state index is -0.229. The van der Waals surface area contributed by atoms with Crippen molar-refractivity contribution in [2.75, 3.05) is 6.54 Å². The highest BCUT2D eigenvalue weighted by Gasteiger charge is 2.57. The van der Waals surface area contributed by atoms with Crippen LogP contribution in [0.5, 0.6) is 0 Å². The normalized spacial score (nSPS) is 46.8. The number of nitrogens with zero attached hydrogens (tertiary/aromatic N) is 1. The fourth-order valence-corrected chi connectivity index (χ4v) is 5.98. The van der Waals surface area contributed by atoms with Crippen molar-refractivity contribution in [2.45, 2.75) is 63.5 Å². The van der Waals surface area contributed by atoms with Crippen LogP contribution in [0, 0.1) is 17.8 Å². The number of hydrogen-bond donors (Lipinski definition) is 1. The van der Waals surface area contributed by atoms with Crippen LogP contribution in [0.3, 0.4) is 0 Å². The second-order valence-electron chi connectivity index (χ2n) is 7.55. The Morgan fingerprint density at radius 2 is 1.65 bits per heavy atom. The minimum Gasteiger partial charge on any atom is -0.345 e. The number of nitrogens with one attached hydrogen (secondary N) is 1. The third-order valence-electron chi connectivity index (χ3n) is 6.20. The van der Waals surface area contributed by atoms with Gasteiger partial charge in [0, 0.05) is 5.54 Å². The van der Waals surface area contributed by atoms with Crippen LogP contribution in [0.15, 0.2) is 0 Å². The summed E-state index contributed by atoms with van der Waals surface area (Å²) in [6.45, 7) is 2.23. The summed E-state index contributed by atoms with van der Waals surface area (Å²) in [5, 5.41) is 2.76. The molecule has 0 aromatic heterocycles. The van der Waals surface area contributed by atoms with Gasteiger partial charge in [0.25, 0.3) is 0 Å². The zero-order valence-electron chi connectivity index (χ0n) is 12.2. The maximum Gasteiger partial charge on any atom is 0.243 e. The van der Waals surface area contributed by atoms with Crippen molar-refractivity contribution in [3.05, 3.63) is 0 Å². The Balaban J connectivity index is 1.70. The highest BCUT2D eigenvalue weighted by molar-refractivity contribution is 5.95. The molecule has 5 rings (SSSR count). The quantitative estimate of drug-likeness (QED) is 0.834. The first-order chi connectivity index (χ1) is 9.61. The summed E-state index contributed by atoms with van der Waals surface area (Å²) in [7, 11) is 0. The molecule has 1 unspecified atom stereocenters. The molecule has 0 radical (unpaired) electrons. The number of carbonyl (C=O) groups excluding carboxylic acids is 2. The zero-order chi connectivity index (χ0) is 13.9. The Hall–Kier alpha value is -1.06. The molecule has 1 N–H and O–H groups in total. The van der Waals surface area contributed by atoms with Gasteiger partial charge in [0.15, 0.2) is 0 Å². The lowest BCUT2D eigenvalue weighted by molar-refractivity contribution is -0.167. The molecule has 4 heteroatoms. The van der Waals surface area contributed by atoms with Crippen LogP contribution >= 0.6 is 0 Å². The maximum atomic E-state index is 12.5. The van der Waals surface area contributed by atoms with Gasteiger partial charge in [0.05, 0.1) is 6.54 Å². The lowest BCUT2D eigenvalue weighted by Gasteiger charge is -2.62. The van der Waals surface area contributed by atoms with E-state index >= 15 is 0 Å². The highest BCUT2D eigenvalue weighted by atomic mass is 16.2. The third kappa shape index (κ3) is 1.66. The number of piperazine rings is 1. The summed E-state index contributed by atoms with van der Waals surface area (Å²) in [4.78, 5) is 26.7. The summed E-state index contributed by atoms with van der Waals surface area (Å²) < 4.78 is 0. The Morgan fingerprint density at radius 3 is 2.15 bits per heavy atom. The first kappa shape index (κ1) is 12.7. The van der Waals surface area contributed by atoms with E-state index in [1.807, 2.05) is 11.8 Å². The maximum absolute atomic E-state index is 12.5. The van der Waals surface area contributed by atoms with Gasteiger partial charge in [-0.25, -0.2) is 0 Å². The van der Waals surface area contributed by atoms with Crippen LogP contribution in [0.2, 0.25) is 0 Å². The molecule has 1 saturated heterocycles. The fourth-order valence-electron chi connectivity index (χ4n) is 5.98. The van der Waals surface area contributed by atoms with Crippen molar-refractivity contribution in [2.24, 2.45) is 17.8 Å². The Labute approximate surface area is 120 Å². The molecule has 4 saturated carbocycles. The predicted octanol–water partition coefficient (Wildman–Crippen LogP) is 1.69. The lowest BCUT2D eigenvalue weighted by Crippen LogP contribution is -2.70. The van der Waals surface area contributed by atoms with Crippen molar-refractivity contribution in [1.82, 2.24) is 10.2 Å². The number of carbonyl (C=O) groups is 2. The molecule has 2 amide bonds. The van der Waals surface area contributed by atoms with Gasteiger partial charge >= 0.3 is 0 Å². The van der Waals surface area contributed by atoms with E-state index in [9.17, 15) is 9.59 Å². The second kappa shape index (κ2) is 4.22. The molecule has 110 valence electrons. The van der Waals surface area contributed by atoms with Crippen LogP contribution in [0.1, 0.15) is 51.9 Å². The van der Waals surface area contributed by atoms with Crippen LogP contribution in [-0.2, 0) is 9.59 Å². The molecule has 5 aliphatic rings. The zero-order valence-corrected chi connectivity index (χ0v) is 12.2. The molecule has 1 heterocycles. The summed E-state index contributed by atoms with van der Waals surface area (Å²) in [5.74, 6) is 2.62. The SMILES string of the molecule is CCC1C(=O)NCC(=O)N1C12CC3CC(CC(C3)C1)C2. The van der Waals surface area contributed by atoms with Gasteiger partial charge in [0.2, 0.25) is 11.8 Å². The second-order valence-corrected chi connectivity index (χ2v) is 7.55. The Kier molecular flexibility index (Phi) is 2.67. The van der Waals surface area contributed by atoms with Crippen molar-refractivity contribution in [3.8, 4) is 0 Å². The van der Waals surface area contributed by atoms with E-state index in [0.29, 0.717) is 0 Å². The highest BCUT2D eigenvalue weighted by Crippen LogP contribution is 2.58. The van der Waals surface area contributed by atoms with Gasteiger partial charge in [-0.3, -0.25) is 9.59 Å². The van der Waals surface area contributed by atoms with Gasteiger partial charge in [-0.05, 0) is 62.7 Å². The minimum absolute atomic E-state index is 0.0181. The van der Waals surface area contributed by atoms with E-state index in [2.05, 4.69) is 5.32 Å². The average Bonchev–Trinajstić information content (AvgIpc) is 2.39. The number of rotatable bonds is 2. The summed E-state index contributed by atoms with van der Waals surface area (Å²) in [5.41, 5.74) is 0.0181. The van der Waals surface area contributed by atoms with Gasteiger partial charge in [-0.2, -0.15) is 0 Å². The standard InChI is InChI=1S/C16H24N2O2/c1-2-13-15(20)17-9-14(19)18(13)16-6-10-3-11(7-16)5-12(4-10)8-16/h10-13H,2-9H2,1H3,(H,17,20). The van der Waals surface area contributed by atoms with Crippen LogP contribution < -0.4 is 5.32 Å². The summed E-state index contributed by atoms with van der Waals surface area (Å²) in [6, 6.07) is -0.229. The van der Waals surface area contributed by atoms with E-state index in [0.717, 1.165) is 43.4 Å². The summed E-state index contributed by atoms with van der Waals surface area (Å²) >= 11 is 0. The molecule has 20 heavy (non-hydrogen) atoms. The molecule has 0 aromatic rings. The number of amides is 2. The fraction of sp³-hybridized carbons (Fsp3) is 0.875. The average molecular weight is 276 g/mol. The first-order valence-electron chi connectivity index (χ1n) is 8.21. The van der Waals surface area contributed by atoms with Crippen molar-refractivity contribution in [1.29, 1.82) is 0 Å². The molecular formula is C16H24N2O2. The third-order valence-corrected chi connectivity index (χ3v) is 6.20. The van der Waals surface area contributed by atoms with Crippen LogP contribution in [-0.4, -0.2) is 34.8 Å². The number of hydrogen-bond acceptors (Lipinski definition) is 2. The summed E-state index contributed by atoms with van der Waals surface area (Å²) in [6.07, 6.45) is 8.27. The molecule has 1 aliphatic heterocycles. The molecule has 4 nitrogen and oxygen atoms in total. The van der Waals surface area contributed by atoms with E-state index < -0.39 is 0 Å². The molecule has 5 fully saturated rings. The van der Waals surface area contributed by atoms with Crippen molar-refractivity contribution in [3.63, 3.8) is 0 Å². The molecular weight excluding hydrogens is 252 g/mol. The molecule has 1 atom stereocenters. The largest absolute Gasteiger partial charge is 0.345 e. The van der Waals surface area contributed by atoms with Crippen LogP contribution in [0.25, 0.3) is 0 Å². The Morgan fingerprint density at radius 1 is 1.10 bits per heavy atom. The molecule has 0 spiro atoms. The van der Waals surface area contributed by atoms with Gasteiger partial charge < -0.3 is 10.2 Å². The smallest absolute Gasteiger partial charge is 0.243 e. The molecule has 4 aliphatic carbocycles. The lowest BCUT2D eigenvalue weighted by atomic mass is 9.52. The first-order valence-corrected chi connectivity index (χ1v) is 8.21. The molecule has 0 aromatic carbocycles. The van der Waals surface area contributed by atoms with E-state index in [4.69, 9.17) is 0 Å². The topological polar surface area (TPSA) is 49.4 Å². The Bertz CT molecular complexity index is 424. The molecule has 4 bridgehead atoms. The van der Waals surface area contributed by atoms with Gasteiger partial charge in [-0.15, -0.1) is 0 Å². The van der Waals surface area contributed by atoms with E-state index in [1.54, 1.807) is 0 Å². The van der Waals surface area contributed by atoms with E-state index in [1.165, 1.54) is 19.3 Å². The monoisotopic (exact) mass is 276 g/mol. The van der Waals surface area contributed by atoms with E-state index in [-0.39, 0.29) is 29.9 Å². The predicted molar refractivity (Wildman–Crippen MR) is 74.8 cm³/mol. The van der Waals surface area contributed by atoms with Gasteiger partial charge in [-0.1, -0.05) is 6.92 Å². The van der Waals surface area contributed by atoms with Crippen molar-refractivity contribution < 1.29 is 9.59 Å². The van der Waals surface area contributed by atoms with Crippen LogP contribution in [0.4, 0.5) is 0 Å². The van der Waals surface area contributed by atoms with Gasteiger partial charge in [0.1, 0.15) is 6.04 Å². The van der Waals surface area contributed by atoms with Crippen molar-refractivity contribution >= 4 is 11.8 Å².